The molecule has 0 aliphatic carbocycles. The lowest BCUT2D eigenvalue weighted by atomic mass is 9.78. The van der Waals surface area contributed by atoms with E-state index in [4.69, 9.17) is 5.11 Å². The van der Waals surface area contributed by atoms with Gasteiger partial charge in [0.15, 0.2) is 0 Å². The van der Waals surface area contributed by atoms with Crippen LogP contribution >= 0.6 is 0 Å². The molecule has 4 heteroatoms. The number of hydrogen-bond acceptors (Lipinski definition) is 2. The molecule has 3 atom stereocenters. The molecule has 86 valence electrons. The molecule has 2 bridgehead atoms. The van der Waals surface area contributed by atoms with Gasteiger partial charge in [0.25, 0.3) is 0 Å². The molecule has 0 spiro atoms. The molecular formula is C11H19NO3. The fourth-order valence-electron chi connectivity index (χ4n) is 3.05. The Hall–Kier alpha value is -0.770. The molecule has 2 heterocycles. The van der Waals surface area contributed by atoms with Gasteiger partial charge in [0, 0.05) is 12.1 Å². The number of carbonyl (C=O) groups is 1. The van der Waals surface area contributed by atoms with Crippen LogP contribution in [0.3, 0.4) is 0 Å². The minimum atomic E-state index is -0.826. The van der Waals surface area contributed by atoms with Gasteiger partial charge in [-0.2, -0.15) is 0 Å². The van der Waals surface area contributed by atoms with Crippen LogP contribution in [-0.2, 0) is 0 Å². The normalized spacial score (nSPS) is 39.9. The summed E-state index contributed by atoms with van der Waals surface area (Å²) in [6, 6.07) is 0.0716. The third-order valence-electron chi connectivity index (χ3n) is 4.09. The lowest BCUT2D eigenvalue weighted by molar-refractivity contribution is -0.0753. The summed E-state index contributed by atoms with van der Waals surface area (Å²) >= 11 is 0. The number of amides is 1. The summed E-state index contributed by atoms with van der Waals surface area (Å²) < 4.78 is 0. The fourth-order valence-corrected chi connectivity index (χ4v) is 3.05. The van der Waals surface area contributed by atoms with Gasteiger partial charge < -0.3 is 15.1 Å². The molecule has 2 aliphatic rings. The summed E-state index contributed by atoms with van der Waals surface area (Å²) in [4.78, 5) is 12.6. The van der Waals surface area contributed by atoms with Crippen molar-refractivity contribution in [2.75, 3.05) is 0 Å². The second-order valence-corrected chi connectivity index (χ2v) is 5.24. The number of piperidine rings is 1. The smallest absolute Gasteiger partial charge is 0.407 e. The summed E-state index contributed by atoms with van der Waals surface area (Å²) in [7, 11) is 0. The first-order chi connectivity index (χ1) is 6.94. The van der Waals surface area contributed by atoms with Crippen molar-refractivity contribution in [1.82, 2.24) is 4.90 Å². The summed E-state index contributed by atoms with van der Waals surface area (Å²) in [5.41, 5.74) is -0.655. The van der Waals surface area contributed by atoms with Crippen molar-refractivity contribution < 1.29 is 15.0 Å². The first-order valence-electron chi connectivity index (χ1n) is 5.67. The van der Waals surface area contributed by atoms with Gasteiger partial charge >= 0.3 is 6.09 Å². The number of rotatable bonds is 1. The van der Waals surface area contributed by atoms with E-state index in [-0.39, 0.29) is 18.0 Å². The Labute approximate surface area is 89.9 Å². The van der Waals surface area contributed by atoms with Crippen LogP contribution in [0, 0.1) is 5.92 Å². The van der Waals surface area contributed by atoms with Crippen LogP contribution in [0.1, 0.15) is 39.5 Å². The first-order valence-corrected chi connectivity index (χ1v) is 5.67. The molecule has 2 saturated heterocycles. The van der Waals surface area contributed by atoms with Crippen LogP contribution in [-0.4, -0.2) is 38.9 Å². The van der Waals surface area contributed by atoms with Crippen LogP contribution in [0.15, 0.2) is 0 Å². The van der Waals surface area contributed by atoms with Crippen molar-refractivity contribution in [3.63, 3.8) is 0 Å². The monoisotopic (exact) mass is 213 g/mol. The van der Waals surface area contributed by atoms with Gasteiger partial charge in [0.2, 0.25) is 0 Å². The average molecular weight is 213 g/mol. The molecule has 0 aromatic rings. The average Bonchev–Trinajstić information content (AvgIpc) is 2.39. The third kappa shape index (κ3) is 1.61. The Kier molecular flexibility index (Phi) is 2.41. The highest BCUT2D eigenvalue weighted by Crippen LogP contribution is 2.43. The lowest BCUT2D eigenvalue weighted by Gasteiger charge is -2.44. The largest absolute Gasteiger partial charge is 0.465 e. The molecule has 2 rings (SSSR count). The number of aliphatic hydroxyl groups is 1. The van der Waals surface area contributed by atoms with Gasteiger partial charge in [-0.3, -0.25) is 0 Å². The molecule has 0 unspecified atom stereocenters. The van der Waals surface area contributed by atoms with E-state index in [1.54, 1.807) is 4.90 Å². The zero-order valence-electron chi connectivity index (χ0n) is 9.31. The van der Waals surface area contributed by atoms with E-state index in [1.165, 1.54) is 0 Å². The lowest BCUT2D eigenvalue weighted by Crippen LogP contribution is -2.54. The maximum atomic E-state index is 11.0. The van der Waals surface area contributed by atoms with Crippen LogP contribution in [0.4, 0.5) is 4.79 Å². The third-order valence-corrected chi connectivity index (χ3v) is 4.09. The van der Waals surface area contributed by atoms with Gasteiger partial charge in [-0.25, -0.2) is 4.79 Å². The topological polar surface area (TPSA) is 60.8 Å². The van der Waals surface area contributed by atoms with Crippen molar-refractivity contribution in [3.8, 4) is 0 Å². The second-order valence-electron chi connectivity index (χ2n) is 5.24. The van der Waals surface area contributed by atoms with Gasteiger partial charge in [-0.15, -0.1) is 0 Å². The number of fused-ring (bicyclic) bond motifs is 2. The van der Waals surface area contributed by atoms with Gasteiger partial charge in [-0.1, -0.05) is 13.8 Å². The van der Waals surface area contributed by atoms with E-state index in [2.05, 4.69) is 0 Å². The SMILES string of the molecule is CC(C)[C@]1(O)C[C@H]2CC[C@@H](C1)N2C(=O)O. The van der Waals surface area contributed by atoms with Crippen LogP contribution in [0.2, 0.25) is 0 Å². The molecule has 15 heavy (non-hydrogen) atoms. The molecule has 2 N–H and O–H groups in total. The van der Waals surface area contributed by atoms with E-state index < -0.39 is 11.7 Å². The summed E-state index contributed by atoms with van der Waals surface area (Å²) in [6.45, 7) is 4.02. The summed E-state index contributed by atoms with van der Waals surface area (Å²) in [5, 5.41) is 19.5. The Balaban J connectivity index is 2.18. The molecule has 1 amide bonds. The molecule has 0 aromatic carbocycles. The zero-order chi connectivity index (χ0) is 11.2. The van der Waals surface area contributed by atoms with E-state index in [0.29, 0.717) is 12.8 Å². The van der Waals surface area contributed by atoms with Gasteiger partial charge in [-0.05, 0) is 31.6 Å². The van der Waals surface area contributed by atoms with Crippen molar-refractivity contribution in [3.05, 3.63) is 0 Å². The van der Waals surface area contributed by atoms with Crippen LogP contribution in [0.5, 0.6) is 0 Å². The highest BCUT2D eigenvalue weighted by atomic mass is 16.4. The quantitative estimate of drug-likeness (QED) is 0.696. The van der Waals surface area contributed by atoms with E-state index in [0.717, 1.165) is 12.8 Å². The summed E-state index contributed by atoms with van der Waals surface area (Å²) in [6.07, 6.45) is 2.20. The molecule has 2 aliphatic heterocycles. The highest BCUT2D eigenvalue weighted by Gasteiger charge is 2.50. The molecule has 0 aromatic heterocycles. The molecular weight excluding hydrogens is 194 g/mol. The number of carboxylic acid groups (broad SMARTS) is 1. The Bertz CT molecular complexity index is 263. The predicted octanol–water partition coefficient (Wildman–Crippen LogP) is 1.68. The van der Waals surface area contributed by atoms with Crippen LogP contribution in [0.25, 0.3) is 0 Å². The first kappa shape index (κ1) is 10.7. The summed E-state index contributed by atoms with van der Waals surface area (Å²) in [5.74, 6) is 0.205. The maximum Gasteiger partial charge on any atom is 0.407 e. The van der Waals surface area contributed by atoms with Crippen molar-refractivity contribution in [2.45, 2.75) is 57.2 Å². The van der Waals surface area contributed by atoms with Crippen LogP contribution < -0.4 is 0 Å². The Morgan fingerprint density at radius 1 is 1.33 bits per heavy atom. The fraction of sp³-hybridized carbons (Fsp3) is 0.909. The molecule has 4 nitrogen and oxygen atoms in total. The van der Waals surface area contributed by atoms with E-state index >= 15 is 0 Å². The second kappa shape index (κ2) is 3.37. The minimum absolute atomic E-state index is 0.0358. The molecule has 0 saturated carbocycles. The van der Waals surface area contributed by atoms with E-state index in [1.807, 2.05) is 13.8 Å². The van der Waals surface area contributed by atoms with Crippen molar-refractivity contribution >= 4 is 6.09 Å². The minimum Gasteiger partial charge on any atom is -0.465 e. The van der Waals surface area contributed by atoms with Crippen molar-refractivity contribution in [1.29, 1.82) is 0 Å². The number of hydrogen-bond donors (Lipinski definition) is 2. The van der Waals surface area contributed by atoms with Crippen molar-refractivity contribution in [2.24, 2.45) is 5.92 Å². The predicted molar refractivity (Wildman–Crippen MR) is 55.7 cm³/mol. The van der Waals surface area contributed by atoms with Gasteiger partial charge in [0.1, 0.15) is 0 Å². The zero-order valence-corrected chi connectivity index (χ0v) is 9.31. The highest BCUT2D eigenvalue weighted by molar-refractivity contribution is 5.66. The van der Waals surface area contributed by atoms with E-state index in [9.17, 15) is 9.90 Å². The standard InChI is InChI=1S/C11H19NO3/c1-7(2)11(15)5-8-3-4-9(6-11)12(8)10(13)14/h7-9,15H,3-6H2,1-2H3,(H,13,14)/t8-,9+,11+. The Morgan fingerprint density at radius 3 is 2.13 bits per heavy atom. The maximum absolute atomic E-state index is 11.0. The Morgan fingerprint density at radius 2 is 1.80 bits per heavy atom. The van der Waals surface area contributed by atoms with Gasteiger partial charge in [0.05, 0.1) is 5.60 Å². The molecule has 2 fully saturated rings. The molecule has 0 radical (unpaired) electrons. The number of nitrogens with zero attached hydrogens (tertiary/aromatic N) is 1.